The van der Waals surface area contributed by atoms with Gasteiger partial charge in [-0.15, -0.1) is 0 Å². The van der Waals surface area contributed by atoms with Crippen molar-refractivity contribution in [2.45, 2.75) is 69.5 Å². The average molecular weight is 500 g/mol. The van der Waals surface area contributed by atoms with Crippen LogP contribution < -0.4 is 4.90 Å². The summed E-state index contributed by atoms with van der Waals surface area (Å²) in [5.41, 5.74) is 1.24. The summed E-state index contributed by atoms with van der Waals surface area (Å²) in [5.74, 6) is 0.586. The maximum Gasteiger partial charge on any atom is 0.325 e. The van der Waals surface area contributed by atoms with Gasteiger partial charge in [0.2, 0.25) is 0 Å². The van der Waals surface area contributed by atoms with Gasteiger partial charge in [0.25, 0.3) is 0 Å². The Labute approximate surface area is 220 Å². The van der Waals surface area contributed by atoms with E-state index < -0.39 is 5.41 Å². The van der Waals surface area contributed by atoms with Gasteiger partial charge in [0.05, 0.1) is 48.2 Å². The molecule has 0 radical (unpaired) electrons. The van der Waals surface area contributed by atoms with Crippen molar-refractivity contribution < 1.29 is 4.79 Å². The number of rotatable bonds is 8. The Morgan fingerprint density at radius 1 is 1.11 bits per heavy atom. The molecule has 194 valence electrons. The van der Waals surface area contributed by atoms with E-state index in [0.717, 1.165) is 51.5 Å². The van der Waals surface area contributed by atoms with E-state index in [4.69, 9.17) is 0 Å². The Hall–Kier alpha value is -3.31. The van der Waals surface area contributed by atoms with E-state index in [2.05, 4.69) is 81.9 Å². The molecular formula is C29H37N7O. The summed E-state index contributed by atoms with van der Waals surface area (Å²) in [6.45, 7) is 8.12. The lowest BCUT2D eigenvalue weighted by molar-refractivity contribution is 0.000798. The van der Waals surface area contributed by atoms with Gasteiger partial charge in [0.15, 0.2) is 0 Å². The Morgan fingerprint density at radius 2 is 1.78 bits per heavy atom. The van der Waals surface area contributed by atoms with E-state index in [0.29, 0.717) is 31.1 Å². The first-order chi connectivity index (χ1) is 17.9. The van der Waals surface area contributed by atoms with E-state index in [1.165, 1.54) is 5.56 Å². The summed E-state index contributed by atoms with van der Waals surface area (Å²) in [4.78, 5) is 33.0. The van der Waals surface area contributed by atoms with Crippen LogP contribution in [0.5, 0.6) is 0 Å². The second-order valence-corrected chi connectivity index (χ2v) is 11.1. The van der Waals surface area contributed by atoms with Crippen LogP contribution in [0.1, 0.15) is 63.3 Å². The van der Waals surface area contributed by atoms with Gasteiger partial charge >= 0.3 is 6.03 Å². The summed E-state index contributed by atoms with van der Waals surface area (Å²) in [6, 6.07) is 13.3. The van der Waals surface area contributed by atoms with Crippen LogP contribution in [0.4, 0.5) is 10.5 Å². The minimum Gasteiger partial charge on any atom is -0.315 e. The monoisotopic (exact) mass is 499 g/mol. The molecule has 0 N–H and O–H groups in total. The zero-order valence-electron chi connectivity index (χ0n) is 22.1. The number of urea groups is 1. The molecule has 1 spiro atoms. The molecule has 1 aromatic heterocycles. The van der Waals surface area contributed by atoms with Crippen LogP contribution in [0.15, 0.2) is 47.7 Å². The van der Waals surface area contributed by atoms with Crippen molar-refractivity contribution in [3.8, 4) is 6.07 Å². The molecule has 8 nitrogen and oxygen atoms in total. The molecule has 3 aliphatic rings. The second-order valence-electron chi connectivity index (χ2n) is 11.1. The normalized spacial score (nSPS) is 26.8. The van der Waals surface area contributed by atoms with E-state index >= 15 is 0 Å². The molecule has 0 bridgehead atoms. The average Bonchev–Trinajstić information content (AvgIpc) is 3.18. The first-order valence-electron chi connectivity index (χ1n) is 13.4. The van der Waals surface area contributed by atoms with Crippen LogP contribution in [-0.2, 0) is 12.1 Å². The number of nitrogens with zero attached hydrogens (tertiary/aromatic N) is 7. The molecule has 0 unspecified atom stereocenters. The quantitative estimate of drug-likeness (QED) is 0.488. The molecule has 0 atom stereocenters. The number of aliphatic imine (C=N–C) groups is 1. The van der Waals surface area contributed by atoms with Crippen molar-refractivity contribution in [1.82, 2.24) is 19.8 Å². The highest BCUT2D eigenvalue weighted by atomic mass is 16.2. The van der Waals surface area contributed by atoms with Crippen LogP contribution in [-0.4, -0.2) is 64.7 Å². The fourth-order valence-electron chi connectivity index (χ4n) is 6.61. The Morgan fingerprint density at radius 3 is 2.32 bits per heavy atom. The minimum absolute atomic E-state index is 0.0317. The fourth-order valence-corrected chi connectivity index (χ4v) is 6.61. The van der Waals surface area contributed by atoms with E-state index in [-0.39, 0.29) is 17.1 Å². The van der Waals surface area contributed by atoms with Crippen LogP contribution in [0.25, 0.3) is 0 Å². The standard InChI is InChI=1S/C29H37N7O/c1-4-34(3)29(23-9-6-5-7-10-23)15-13-28(14-16-29)22-35(24-17-32-25(19-31-2)33-18-24)26(37)36(28)21-27(20-30)11-8-12-27/h5-7,9-10,17-18H,2,4,8,11-16,19,21-22H2,1,3H3/t28-,29+. The van der Waals surface area contributed by atoms with Gasteiger partial charge < -0.3 is 4.90 Å². The van der Waals surface area contributed by atoms with Gasteiger partial charge in [-0.2, -0.15) is 5.26 Å². The summed E-state index contributed by atoms with van der Waals surface area (Å²) in [7, 11) is 2.21. The molecule has 2 heterocycles. The molecular weight excluding hydrogens is 462 g/mol. The fraction of sp³-hybridized carbons (Fsp3) is 0.552. The highest BCUT2D eigenvalue weighted by Crippen LogP contribution is 2.52. The predicted octanol–water partition coefficient (Wildman–Crippen LogP) is 4.77. The minimum atomic E-state index is -0.428. The zero-order chi connectivity index (χ0) is 26.1. The molecule has 3 fully saturated rings. The smallest absolute Gasteiger partial charge is 0.315 e. The third-order valence-corrected chi connectivity index (χ3v) is 9.28. The number of carbonyl (C=O) groups excluding carboxylic acids is 1. The topological polar surface area (TPSA) is 88.7 Å². The van der Waals surface area contributed by atoms with E-state index in [1.807, 2.05) is 4.90 Å². The predicted molar refractivity (Wildman–Crippen MR) is 144 cm³/mol. The van der Waals surface area contributed by atoms with E-state index in [9.17, 15) is 10.1 Å². The lowest BCUT2D eigenvalue weighted by atomic mass is 9.66. The van der Waals surface area contributed by atoms with Crippen LogP contribution in [0.2, 0.25) is 0 Å². The zero-order valence-corrected chi connectivity index (χ0v) is 22.1. The lowest BCUT2D eigenvalue weighted by Crippen LogP contribution is -2.58. The summed E-state index contributed by atoms with van der Waals surface area (Å²) in [5, 5.41) is 10.0. The number of anilines is 1. The van der Waals surface area contributed by atoms with Crippen LogP contribution >= 0.6 is 0 Å². The summed E-state index contributed by atoms with van der Waals surface area (Å²) in [6.07, 6.45) is 9.90. The lowest BCUT2D eigenvalue weighted by Gasteiger charge is -2.53. The molecule has 2 saturated carbocycles. The second kappa shape index (κ2) is 9.86. The third-order valence-electron chi connectivity index (χ3n) is 9.28. The number of hydrogen-bond donors (Lipinski definition) is 0. The molecule has 1 aromatic carbocycles. The molecule has 2 aliphatic carbocycles. The van der Waals surface area contributed by atoms with Crippen LogP contribution in [0, 0.1) is 16.7 Å². The number of hydrogen-bond acceptors (Lipinski definition) is 6. The molecule has 5 rings (SSSR count). The summed E-state index contributed by atoms with van der Waals surface area (Å²) < 4.78 is 0. The van der Waals surface area contributed by atoms with Gasteiger partial charge in [-0.1, -0.05) is 43.7 Å². The van der Waals surface area contributed by atoms with Crippen molar-refractivity contribution in [2.24, 2.45) is 10.4 Å². The Bertz CT molecular complexity index is 1160. The number of aromatic nitrogens is 2. The number of carbonyl (C=O) groups is 1. The number of benzene rings is 1. The highest BCUT2D eigenvalue weighted by Gasteiger charge is 2.57. The van der Waals surface area contributed by atoms with Gasteiger partial charge in [0.1, 0.15) is 5.82 Å². The molecule has 2 amide bonds. The van der Waals surface area contributed by atoms with Crippen molar-refractivity contribution in [2.75, 3.05) is 31.6 Å². The highest BCUT2D eigenvalue weighted by molar-refractivity contribution is 5.95. The summed E-state index contributed by atoms with van der Waals surface area (Å²) >= 11 is 0. The van der Waals surface area contributed by atoms with Crippen molar-refractivity contribution in [3.63, 3.8) is 0 Å². The van der Waals surface area contributed by atoms with Gasteiger partial charge in [-0.05, 0) is 64.4 Å². The van der Waals surface area contributed by atoms with Crippen molar-refractivity contribution in [1.29, 1.82) is 5.26 Å². The van der Waals surface area contributed by atoms with Crippen molar-refractivity contribution in [3.05, 3.63) is 54.1 Å². The number of nitriles is 1. The maximum absolute atomic E-state index is 14.0. The maximum atomic E-state index is 14.0. The van der Waals surface area contributed by atoms with E-state index in [1.54, 1.807) is 12.4 Å². The van der Waals surface area contributed by atoms with Crippen molar-refractivity contribution >= 4 is 18.4 Å². The van der Waals surface area contributed by atoms with Gasteiger partial charge in [-0.3, -0.25) is 14.8 Å². The van der Waals surface area contributed by atoms with Gasteiger partial charge in [0, 0.05) is 12.1 Å². The Kier molecular flexibility index (Phi) is 6.76. The molecule has 8 heteroatoms. The van der Waals surface area contributed by atoms with Gasteiger partial charge in [-0.25, -0.2) is 14.8 Å². The third kappa shape index (κ3) is 4.29. The Balaban J connectivity index is 1.47. The number of amides is 2. The molecule has 2 aromatic rings. The largest absolute Gasteiger partial charge is 0.325 e. The SMILES string of the molecule is C=NCc1ncc(N2C[C@]3(CC[C@](c4ccccc4)(N(C)CC)CC3)N(CC3(C#N)CCC3)C2=O)cn1. The first kappa shape index (κ1) is 25.3. The molecule has 37 heavy (non-hydrogen) atoms. The molecule has 1 saturated heterocycles. The first-order valence-corrected chi connectivity index (χ1v) is 13.4. The van der Waals surface area contributed by atoms with Crippen LogP contribution in [0.3, 0.4) is 0 Å². The molecule has 1 aliphatic heterocycles.